The maximum absolute atomic E-state index is 14.8. The average Bonchev–Trinajstić information content (AvgIpc) is 3.49. The van der Waals surface area contributed by atoms with Crippen molar-refractivity contribution in [1.29, 1.82) is 0 Å². The minimum Gasteiger partial charge on any atom is -0.497 e. The van der Waals surface area contributed by atoms with E-state index >= 15 is 0 Å². The van der Waals surface area contributed by atoms with Crippen molar-refractivity contribution in [2.24, 2.45) is 5.92 Å². The predicted molar refractivity (Wildman–Crippen MR) is 159 cm³/mol. The maximum Gasteiger partial charge on any atom is 0.238 e. The Bertz CT molecular complexity index is 1760. The lowest BCUT2D eigenvalue weighted by Gasteiger charge is -2.37. The first-order valence-electron chi connectivity index (χ1n) is 13.7. The molecule has 41 heavy (non-hydrogen) atoms. The van der Waals surface area contributed by atoms with Crippen molar-refractivity contribution < 1.29 is 19.1 Å². The summed E-state index contributed by atoms with van der Waals surface area (Å²) >= 11 is 0. The van der Waals surface area contributed by atoms with Gasteiger partial charge in [0, 0.05) is 22.5 Å². The average molecular weight is 541 g/mol. The molecule has 0 aromatic heterocycles. The number of Topliss-reactive ketones (excluding diaryl/α,β-unsaturated/α-hetero) is 2. The zero-order chi connectivity index (χ0) is 28.3. The normalized spacial score (nSPS) is 23.5. The van der Waals surface area contributed by atoms with E-state index in [0.29, 0.717) is 22.6 Å². The molecule has 4 unspecified atom stereocenters. The van der Waals surface area contributed by atoms with Gasteiger partial charge >= 0.3 is 0 Å². The number of hydrogen-bond donors (Lipinski definition) is 1. The Kier molecular flexibility index (Phi) is 5.68. The number of rotatable bonds is 5. The Morgan fingerprint density at radius 2 is 1.61 bits per heavy atom. The summed E-state index contributed by atoms with van der Waals surface area (Å²) < 4.78 is 5.44. The smallest absolute Gasteiger partial charge is 0.238 e. The molecule has 6 nitrogen and oxygen atoms in total. The van der Waals surface area contributed by atoms with E-state index in [2.05, 4.69) is 11.4 Å². The van der Waals surface area contributed by atoms with Crippen LogP contribution in [0.15, 0.2) is 103 Å². The first-order valence-corrected chi connectivity index (χ1v) is 13.7. The van der Waals surface area contributed by atoms with Crippen LogP contribution in [0.4, 0.5) is 11.4 Å². The highest BCUT2D eigenvalue weighted by molar-refractivity contribution is 6.18. The molecule has 0 radical (unpaired) electrons. The highest BCUT2D eigenvalue weighted by atomic mass is 16.5. The number of fused-ring (bicyclic) bond motifs is 6. The zero-order valence-electron chi connectivity index (χ0n) is 22.7. The Hall–Kier alpha value is -4.97. The topological polar surface area (TPSA) is 75.7 Å². The van der Waals surface area contributed by atoms with Gasteiger partial charge in [0.25, 0.3) is 0 Å². The molecular weight excluding hydrogens is 512 g/mol. The summed E-state index contributed by atoms with van der Waals surface area (Å²) in [5.41, 5.74) is 3.79. The molecule has 0 aliphatic carbocycles. The first-order chi connectivity index (χ1) is 19.9. The third kappa shape index (κ3) is 3.53. The molecule has 6 heteroatoms. The van der Waals surface area contributed by atoms with Gasteiger partial charge in [0.2, 0.25) is 5.91 Å². The fourth-order valence-corrected chi connectivity index (χ4v) is 7.03. The third-order valence-corrected chi connectivity index (χ3v) is 8.75. The van der Waals surface area contributed by atoms with Gasteiger partial charge in [0.05, 0.1) is 19.1 Å². The number of amides is 1. The van der Waals surface area contributed by atoms with Gasteiger partial charge in [0.15, 0.2) is 11.6 Å². The van der Waals surface area contributed by atoms with E-state index in [-0.39, 0.29) is 17.5 Å². The fourth-order valence-electron chi connectivity index (χ4n) is 7.03. The second kappa shape index (κ2) is 9.30. The number of aryl methyl sites for hydroxylation is 1. The van der Waals surface area contributed by atoms with Crippen LogP contribution in [-0.2, 0) is 10.2 Å². The molecule has 3 heterocycles. The number of anilines is 2. The van der Waals surface area contributed by atoms with Crippen molar-refractivity contribution in [2.45, 2.75) is 24.4 Å². The van der Waals surface area contributed by atoms with Gasteiger partial charge < -0.3 is 15.0 Å². The number of carbonyl (C=O) groups is 3. The number of nitrogens with zero attached hydrogens (tertiary/aromatic N) is 1. The zero-order valence-corrected chi connectivity index (χ0v) is 22.7. The second-order valence-electron chi connectivity index (χ2n) is 10.9. The van der Waals surface area contributed by atoms with Gasteiger partial charge in [-0.25, -0.2) is 0 Å². The third-order valence-electron chi connectivity index (χ3n) is 8.75. The standard InChI is InChI=1S/C35H28N2O4/c1-21-15-17-28-23(19-21)16-18-29-35(26-13-6-7-14-27(26)36-34(35)40)30(32(38)24-11-8-12-25(20-24)41-2)31(37(28)29)33(39)22-9-4-3-5-10-22/h3-20,29-31H,1-2H3,(H,36,40). The van der Waals surface area contributed by atoms with E-state index in [0.717, 1.165) is 22.4 Å². The van der Waals surface area contributed by atoms with Crippen LogP contribution in [-0.4, -0.2) is 36.7 Å². The SMILES string of the molecule is COc1cccc(C(=O)C2C(C(=O)c3ccccc3)N3c4ccc(C)cc4C=CC3C23C(=O)Nc2ccccc23)c1. The van der Waals surface area contributed by atoms with Crippen molar-refractivity contribution in [1.82, 2.24) is 0 Å². The van der Waals surface area contributed by atoms with Crippen LogP contribution >= 0.6 is 0 Å². The Morgan fingerprint density at radius 1 is 0.854 bits per heavy atom. The van der Waals surface area contributed by atoms with Crippen LogP contribution in [0.25, 0.3) is 6.08 Å². The van der Waals surface area contributed by atoms with E-state index in [1.807, 2.05) is 78.6 Å². The molecule has 3 aliphatic heterocycles. The maximum atomic E-state index is 14.8. The summed E-state index contributed by atoms with van der Waals surface area (Å²) in [7, 11) is 1.55. The lowest BCUT2D eigenvalue weighted by molar-refractivity contribution is -0.121. The first kappa shape index (κ1) is 25.0. The molecule has 1 N–H and O–H groups in total. The summed E-state index contributed by atoms with van der Waals surface area (Å²) in [5, 5.41) is 3.07. The highest BCUT2D eigenvalue weighted by Crippen LogP contribution is 2.58. The fraction of sp³-hybridized carbons (Fsp3) is 0.171. The van der Waals surface area contributed by atoms with Crippen LogP contribution in [0.2, 0.25) is 0 Å². The molecule has 1 amide bonds. The van der Waals surface area contributed by atoms with Crippen LogP contribution in [0.5, 0.6) is 5.75 Å². The molecule has 202 valence electrons. The van der Waals surface area contributed by atoms with Crippen LogP contribution in [0.1, 0.15) is 37.4 Å². The summed E-state index contributed by atoms with van der Waals surface area (Å²) in [5.74, 6) is -1.25. The second-order valence-corrected chi connectivity index (χ2v) is 10.9. The van der Waals surface area contributed by atoms with Gasteiger partial charge in [0.1, 0.15) is 17.2 Å². The minimum absolute atomic E-state index is 0.201. The van der Waals surface area contributed by atoms with Gasteiger partial charge in [-0.05, 0) is 48.4 Å². The molecule has 0 bridgehead atoms. The number of para-hydroxylation sites is 1. The molecule has 4 aromatic carbocycles. The number of methoxy groups -OCH3 is 1. The molecule has 3 aliphatic rings. The van der Waals surface area contributed by atoms with Gasteiger partial charge in [-0.3, -0.25) is 14.4 Å². The number of ether oxygens (including phenoxy) is 1. The number of ketones is 2. The summed E-state index contributed by atoms with van der Waals surface area (Å²) in [6.07, 6.45) is 4.01. The van der Waals surface area contributed by atoms with E-state index in [1.165, 1.54) is 0 Å². The predicted octanol–water partition coefficient (Wildman–Crippen LogP) is 5.86. The molecular formula is C35H28N2O4. The monoisotopic (exact) mass is 540 g/mol. The molecule has 0 saturated carbocycles. The molecule has 4 atom stereocenters. The minimum atomic E-state index is -1.34. The lowest BCUT2D eigenvalue weighted by atomic mass is 9.64. The molecule has 1 spiro atoms. The van der Waals surface area contributed by atoms with E-state index < -0.39 is 23.4 Å². The Morgan fingerprint density at radius 3 is 2.41 bits per heavy atom. The largest absolute Gasteiger partial charge is 0.497 e. The Labute approximate surface area is 238 Å². The molecule has 7 rings (SSSR count). The lowest BCUT2D eigenvalue weighted by Crippen LogP contribution is -2.51. The van der Waals surface area contributed by atoms with Crippen molar-refractivity contribution >= 4 is 34.9 Å². The molecule has 4 aromatic rings. The molecule has 1 fully saturated rings. The highest BCUT2D eigenvalue weighted by Gasteiger charge is 2.70. The number of carbonyl (C=O) groups excluding carboxylic acids is 3. The van der Waals surface area contributed by atoms with Crippen LogP contribution < -0.4 is 15.0 Å². The summed E-state index contributed by atoms with van der Waals surface area (Å²) in [6.45, 7) is 2.02. The number of nitrogens with one attached hydrogen (secondary N) is 1. The van der Waals surface area contributed by atoms with Gasteiger partial charge in [-0.2, -0.15) is 0 Å². The quantitative estimate of drug-likeness (QED) is 0.321. The van der Waals surface area contributed by atoms with E-state index in [9.17, 15) is 14.4 Å². The van der Waals surface area contributed by atoms with Gasteiger partial charge in [-0.1, -0.05) is 84.4 Å². The summed E-state index contributed by atoms with van der Waals surface area (Å²) in [4.78, 5) is 45.9. The van der Waals surface area contributed by atoms with Crippen molar-refractivity contribution in [2.75, 3.05) is 17.3 Å². The van der Waals surface area contributed by atoms with Gasteiger partial charge in [-0.15, -0.1) is 0 Å². The van der Waals surface area contributed by atoms with E-state index in [1.54, 1.807) is 43.5 Å². The van der Waals surface area contributed by atoms with Crippen molar-refractivity contribution in [3.8, 4) is 5.75 Å². The van der Waals surface area contributed by atoms with Crippen molar-refractivity contribution in [3.63, 3.8) is 0 Å². The van der Waals surface area contributed by atoms with E-state index in [4.69, 9.17) is 4.74 Å². The van der Waals surface area contributed by atoms with Crippen LogP contribution in [0, 0.1) is 12.8 Å². The Balaban J connectivity index is 1.54. The number of hydrogen-bond acceptors (Lipinski definition) is 5. The van der Waals surface area contributed by atoms with Crippen LogP contribution in [0.3, 0.4) is 0 Å². The molecule has 1 saturated heterocycles. The van der Waals surface area contributed by atoms with Crippen molar-refractivity contribution in [3.05, 3.63) is 131 Å². The number of benzene rings is 4. The summed E-state index contributed by atoms with van der Waals surface area (Å²) in [6, 6.07) is 28.1.